The van der Waals surface area contributed by atoms with Gasteiger partial charge >= 0.3 is 6.18 Å². The zero-order valence-electron chi connectivity index (χ0n) is 18.6. The number of carbonyl (C=O) groups excluding carboxylic acids is 1. The first-order valence-corrected chi connectivity index (χ1v) is 11.1. The number of alkyl halides is 3. The largest absolute Gasteiger partial charge is 0.434 e. The zero-order valence-corrected chi connectivity index (χ0v) is 18.6. The van der Waals surface area contributed by atoms with Gasteiger partial charge in [0.15, 0.2) is 5.69 Å². The molecule has 2 unspecified atom stereocenters. The van der Waals surface area contributed by atoms with Crippen LogP contribution in [0.25, 0.3) is 5.69 Å². The summed E-state index contributed by atoms with van der Waals surface area (Å²) in [5.74, 6) is 0.580. The fraction of sp³-hybridized carbons (Fsp3) is 0.391. The molecule has 35 heavy (non-hydrogen) atoms. The molecule has 9 nitrogen and oxygen atoms in total. The standard InChI is InChI=1S/C23H21F3N8O/c1-13-15-7-16(8-15)33(19(13)10-29-21-12-28-20(11-30-21)23(24,25)26)22(35)17-6-14(9-27)2-3-18(17)34-31-4-5-32-34/h2-6,11-13,15-16,19H,7-8,10H2,1H3,(H,29,30). The minimum Gasteiger partial charge on any atom is -0.367 e. The van der Waals surface area contributed by atoms with Crippen molar-refractivity contribution in [2.24, 2.45) is 11.8 Å². The second kappa shape index (κ2) is 8.65. The van der Waals surface area contributed by atoms with Crippen LogP contribution in [0.2, 0.25) is 0 Å². The third-order valence-electron chi connectivity index (χ3n) is 6.91. The number of anilines is 1. The number of nitrogens with zero attached hydrogens (tertiary/aromatic N) is 7. The maximum absolute atomic E-state index is 13.9. The topological polar surface area (TPSA) is 113 Å². The number of nitrogens with one attached hydrogen (secondary N) is 1. The number of piperidine rings is 2. The molecule has 12 heteroatoms. The van der Waals surface area contributed by atoms with Gasteiger partial charge in [-0.15, -0.1) is 0 Å². The molecule has 1 saturated carbocycles. The Morgan fingerprint density at radius 3 is 2.57 bits per heavy atom. The van der Waals surface area contributed by atoms with Crippen LogP contribution < -0.4 is 5.32 Å². The van der Waals surface area contributed by atoms with Crippen molar-refractivity contribution in [1.82, 2.24) is 29.9 Å². The van der Waals surface area contributed by atoms with Gasteiger partial charge in [-0.25, -0.2) is 9.97 Å². The number of amides is 1. The van der Waals surface area contributed by atoms with Crippen LogP contribution in [0.4, 0.5) is 19.0 Å². The van der Waals surface area contributed by atoms with E-state index in [9.17, 15) is 23.2 Å². The number of benzene rings is 1. The van der Waals surface area contributed by atoms with Gasteiger partial charge in [0.25, 0.3) is 5.91 Å². The highest BCUT2D eigenvalue weighted by atomic mass is 19.4. The average Bonchev–Trinajstić information content (AvgIpc) is 3.36. The number of halogens is 3. The van der Waals surface area contributed by atoms with E-state index in [2.05, 4.69) is 38.5 Å². The Kier molecular flexibility index (Phi) is 5.62. The fourth-order valence-electron chi connectivity index (χ4n) is 4.93. The smallest absolute Gasteiger partial charge is 0.367 e. The maximum atomic E-state index is 13.9. The minimum absolute atomic E-state index is 0.0402. The van der Waals surface area contributed by atoms with Crippen molar-refractivity contribution >= 4 is 11.7 Å². The molecule has 1 aromatic carbocycles. The molecule has 1 amide bonds. The highest BCUT2D eigenvalue weighted by molar-refractivity contribution is 5.98. The van der Waals surface area contributed by atoms with Crippen LogP contribution in [0.15, 0.2) is 43.0 Å². The second-order valence-corrected chi connectivity index (χ2v) is 8.85. The van der Waals surface area contributed by atoms with E-state index in [0.29, 0.717) is 35.5 Å². The summed E-state index contributed by atoms with van der Waals surface area (Å²) in [6, 6.07) is 6.68. The van der Waals surface area contributed by atoms with Crippen molar-refractivity contribution in [3.05, 3.63) is 59.8 Å². The molecule has 1 aliphatic carbocycles. The van der Waals surface area contributed by atoms with E-state index in [1.54, 1.807) is 18.2 Å². The predicted molar refractivity (Wildman–Crippen MR) is 117 cm³/mol. The van der Waals surface area contributed by atoms with Crippen molar-refractivity contribution in [3.8, 4) is 11.8 Å². The van der Waals surface area contributed by atoms with Gasteiger partial charge in [0.2, 0.25) is 0 Å². The first-order valence-electron chi connectivity index (χ1n) is 11.1. The van der Waals surface area contributed by atoms with Crippen molar-refractivity contribution in [3.63, 3.8) is 0 Å². The van der Waals surface area contributed by atoms with Crippen LogP contribution in [0.1, 0.15) is 41.4 Å². The van der Waals surface area contributed by atoms with E-state index in [1.165, 1.54) is 17.2 Å². The van der Waals surface area contributed by atoms with E-state index in [0.717, 1.165) is 19.0 Å². The molecular formula is C23H21F3N8O. The average molecular weight is 482 g/mol. The Hall–Kier alpha value is -4.01. The first-order chi connectivity index (χ1) is 16.8. The van der Waals surface area contributed by atoms with Crippen LogP contribution in [0.5, 0.6) is 0 Å². The number of hydrogen-bond acceptors (Lipinski definition) is 7. The van der Waals surface area contributed by atoms with Gasteiger partial charge in [-0.1, -0.05) is 6.92 Å². The molecule has 180 valence electrons. The van der Waals surface area contributed by atoms with Crippen LogP contribution in [0.3, 0.4) is 0 Å². The number of nitriles is 1. The summed E-state index contributed by atoms with van der Waals surface area (Å²) in [6.45, 7) is 2.38. The highest BCUT2D eigenvalue weighted by Gasteiger charge is 2.50. The van der Waals surface area contributed by atoms with Crippen molar-refractivity contribution < 1.29 is 18.0 Å². The van der Waals surface area contributed by atoms with Crippen LogP contribution in [-0.4, -0.2) is 54.4 Å². The third-order valence-corrected chi connectivity index (χ3v) is 6.91. The molecule has 6 rings (SSSR count). The first kappa shape index (κ1) is 22.8. The molecule has 2 bridgehead atoms. The Labute approximate surface area is 198 Å². The molecule has 3 aliphatic rings. The summed E-state index contributed by atoms with van der Waals surface area (Å²) >= 11 is 0. The normalized spacial score (nSPS) is 23.3. The lowest BCUT2D eigenvalue weighted by Crippen LogP contribution is -2.64. The van der Waals surface area contributed by atoms with E-state index >= 15 is 0 Å². The summed E-state index contributed by atoms with van der Waals surface area (Å²) in [4.78, 5) is 24.4. The van der Waals surface area contributed by atoms with Gasteiger partial charge in [-0.3, -0.25) is 4.79 Å². The van der Waals surface area contributed by atoms with Gasteiger partial charge in [0.1, 0.15) is 5.82 Å². The van der Waals surface area contributed by atoms with Crippen LogP contribution >= 0.6 is 0 Å². The van der Waals surface area contributed by atoms with E-state index in [4.69, 9.17) is 0 Å². The second-order valence-electron chi connectivity index (χ2n) is 8.85. The minimum atomic E-state index is -4.56. The Morgan fingerprint density at radius 1 is 1.20 bits per heavy atom. The van der Waals surface area contributed by atoms with Gasteiger partial charge in [0, 0.05) is 12.6 Å². The van der Waals surface area contributed by atoms with Crippen LogP contribution in [-0.2, 0) is 6.18 Å². The van der Waals surface area contributed by atoms with E-state index in [1.807, 2.05) is 4.90 Å². The quantitative estimate of drug-likeness (QED) is 0.594. The van der Waals surface area contributed by atoms with Crippen molar-refractivity contribution in [2.75, 3.05) is 11.9 Å². The van der Waals surface area contributed by atoms with Gasteiger partial charge in [-0.05, 0) is 42.9 Å². The van der Waals surface area contributed by atoms with Crippen molar-refractivity contribution in [2.45, 2.75) is 38.0 Å². The molecular weight excluding hydrogens is 461 g/mol. The molecule has 1 N–H and O–H groups in total. The summed E-state index contributed by atoms with van der Waals surface area (Å²) in [5.41, 5.74) is 0.0605. The summed E-state index contributed by atoms with van der Waals surface area (Å²) in [5, 5.41) is 20.7. The third kappa shape index (κ3) is 4.18. The monoisotopic (exact) mass is 482 g/mol. The van der Waals surface area contributed by atoms with E-state index < -0.39 is 11.9 Å². The molecule has 0 radical (unpaired) electrons. The summed E-state index contributed by atoms with van der Waals surface area (Å²) in [7, 11) is 0. The molecule has 2 aliphatic heterocycles. The molecule has 3 aromatic rings. The Morgan fingerprint density at radius 2 is 1.94 bits per heavy atom. The lowest BCUT2D eigenvalue weighted by atomic mass is 9.64. The number of fused-ring (bicyclic) bond motifs is 2. The Balaban J connectivity index is 1.42. The number of hydrogen-bond donors (Lipinski definition) is 1. The zero-order chi connectivity index (χ0) is 24.7. The molecule has 3 fully saturated rings. The highest BCUT2D eigenvalue weighted by Crippen LogP contribution is 2.47. The number of aromatic nitrogens is 5. The Bertz CT molecular complexity index is 1260. The van der Waals surface area contributed by atoms with Gasteiger partial charge < -0.3 is 10.2 Å². The number of rotatable bonds is 5. The summed E-state index contributed by atoms with van der Waals surface area (Å²) < 4.78 is 38.4. The lowest BCUT2D eigenvalue weighted by molar-refractivity contribution is -0.141. The number of carbonyl (C=O) groups is 1. The molecule has 4 heterocycles. The molecule has 2 aromatic heterocycles. The lowest BCUT2D eigenvalue weighted by Gasteiger charge is -2.57. The molecule has 2 atom stereocenters. The van der Waals surface area contributed by atoms with E-state index in [-0.39, 0.29) is 29.7 Å². The maximum Gasteiger partial charge on any atom is 0.434 e. The van der Waals surface area contributed by atoms with Crippen LogP contribution in [0, 0.1) is 23.2 Å². The SMILES string of the molecule is CC1C2CC(C2)N(C(=O)c2cc(C#N)ccc2-n2nccn2)C1CNc1cnc(C(F)(F)F)cn1. The predicted octanol–water partition coefficient (Wildman–Crippen LogP) is 3.30. The van der Waals surface area contributed by atoms with Gasteiger partial charge in [0.05, 0.1) is 53.7 Å². The molecule has 2 saturated heterocycles. The fourth-order valence-corrected chi connectivity index (χ4v) is 4.93. The van der Waals surface area contributed by atoms with Crippen molar-refractivity contribution in [1.29, 1.82) is 5.26 Å². The molecule has 0 spiro atoms. The summed E-state index contributed by atoms with van der Waals surface area (Å²) in [6.07, 6.45) is 1.94. The van der Waals surface area contributed by atoms with Gasteiger partial charge in [-0.2, -0.15) is 33.4 Å².